The third kappa shape index (κ3) is 1.57. The van der Waals surface area contributed by atoms with Crippen LogP contribution in [0, 0.1) is 40.4 Å². The molecule has 1 aliphatic heterocycles. The van der Waals surface area contributed by atoms with Crippen LogP contribution >= 0.6 is 0 Å². The molecule has 4 heteroatoms. The zero-order valence-corrected chi connectivity index (χ0v) is 10.6. The Balaban J connectivity index is 1.94. The van der Waals surface area contributed by atoms with Gasteiger partial charge in [0.25, 0.3) is 0 Å². The van der Waals surface area contributed by atoms with Gasteiger partial charge >= 0.3 is 0 Å². The molecule has 2 bridgehead atoms. The lowest BCUT2D eigenvalue weighted by Crippen LogP contribution is -2.40. The van der Waals surface area contributed by atoms with Crippen molar-refractivity contribution in [3.63, 3.8) is 0 Å². The molecule has 4 rings (SSSR count). The normalized spacial score (nSPS) is 46.9. The fourth-order valence-electron chi connectivity index (χ4n) is 4.22. The van der Waals surface area contributed by atoms with E-state index in [-0.39, 0.29) is 35.0 Å². The van der Waals surface area contributed by atoms with Gasteiger partial charge in [0.15, 0.2) is 0 Å². The molecule has 0 aromatic rings. The van der Waals surface area contributed by atoms with Crippen molar-refractivity contribution >= 4 is 11.8 Å². The Morgan fingerprint density at radius 1 is 1.22 bits per heavy atom. The molecule has 1 saturated heterocycles. The zero-order valence-electron chi connectivity index (χ0n) is 10.6. The number of amides is 2. The summed E-state index contributed by atoms with van der Waals surface area (Å²) >= 11 is 0. The minimum atomic E-state index is -0.306. The van der Waals surface area contributed by atoms with Crippen molar-refractivity contribution < 1.29 is 9.59 Å². The minimum Gasteiger partial charge on any atom is -0.296 e. The molecule has 4 nitrogen and oxygen atoms in total. The van der Waals surface area contributed by atoms with Crippen molar-refractivity contribution in [3.05, 3.63) is 0 Å². The van der Waals surface area contributed by atoms with Gasteiger partial charge in [-0.25, -0.2) is 0 Å². The van der Waals surface area contributed by atoms with Gasteiger partial charge in [0.1, 0.15) is 0 Å². The molecule has 18 heavy (non-hydrogen) atoms. The maximum atomic E-state index is 11.8. The van der Waals surface area contributed by atoms with Gasteiger partial charge in [-0.15, -0.1) is 0 Å². The standard InChI is InChI=1S/C14H18N2O2/c1-14(7-15)6-8-2-3-9(14)5-11-10(4-8)12(17)16-13(11)18/h8-11H,2-6H2,1H3,(H,16,17,18). The molecule has 0 radical (unpaired) electrons. The van der Waals surface area contributed by atoms with Gasteiger partial charge in [-0.1, -0.05) is 6.42 Å². The summed E-state index contributed by atoms with van der Waals surface area (Å²) in [6.45, 7) is 2.03. The van der Waals surface area contributed by atoms with Crippen molar-refractivity contribution in [2.75, 3.05) is 0 Å². The molecule has 5 unspecified atom stereocenters. The SMILES string of the molecule is CC1(C#N)CC2CCC1CC1C(=O)NC(=O)C1C2. The Morgan fingerprint density at radius 2 is 1.89 bits per heavy atom. The van der Waals surface area contributed by atoms with Crippen molar-refractivity contribution in [3.8, 4) is 6.07 Å². The molecule has 1 heterocycles. The van der Waals surface area contributed by atoms with Crippen LogP contribution < -0.4 is 5.32 Å². The van der Waals surface area contributed by atoms with Gasteiger partial charge in [-0.3, -0.25) is 14.9 Å². The highest BCUT2D eigenvalue weighted by Gasteiger charge is 2.51. The Hall–Kier alpha value is -1.37. The number of carbonyl (C=O) groups is 2. The van der Waals surface area contributed by atoms with E-state index >= 15 is 0 Å². The number of carbonyl (C=O) groups excluding carboxylic acids is 2. The maximum Gasteiger partial charge on any atom is 0.230 e. The summed E-state index contributed by atoms with van der Waals surface area (Å²) in [5.74, 6) is 0.180. The molecule has 0 spiro atoms. The molecule has 3 aliphatic carbocycles. The molecule has 96 valence electrons. The highest BCUT2D eigenvalue weighted by Crippen LogP contribution is 2.52. The average Bonchev–Trinajstić information content (AvgIpc) is 2.54. The fourth-order valence-corrected chi connectivity index (χ4v) is 4.22. The lowest BCUT2D eigenvalue weighted by atomic mass is 9.57. The third-order valence-corrected chi connectivity index (χ3v) is 5.32. The van der Waals surface area contributed by atoms with Crippen LogP contribution in [-0.4, -0.2) is 11.8 Å². The maximum absolute atomic E-state index is 11.8. The number of nitrogens with zero attached hydrogens (tertiary/aromatic N) is 1. The number of hydrogen-bond donors (Lipinski definition) is 1. The summed E-state index contributed by atoms with van der Waals surface area (Å²) in [7, 11) is 0. The molecule has 4 fully saturated rings. The largest absolute Gasteiger partial charge is 0.296 e. The van der Waals surface area contributed by atoms with Crippen molar-refractivity contribution in [2.24, 2.45) is 29.1 Å². The van der Waals surface area contributed by atoms with Crippen LogP contribution in [0.15, 0.2) is 0 Å². The first-order valence-corrected chi connectivity index (χ1v) is 6.79. The Bertz CT molecular complexity index is 453. The van der Waals surface area contributed by atoms with Gasteiger partial charge in [0.05, 0.1) is 23.3 Å². The number of fused-ring (bicyclic) bond motifs is 2. The van der Waals surface area contributed by atoms with Crippen LogP contribution in [0.5, 0.6) is 0 Å². The van der Waals surface area contributed by atoms with Gasteiger partial charge in [0.2, 0.25) is 11.8 Å². The topological polar surface area (TPSA) is 70.0 Å². The monoisotopic (exact) mass is 246 g/mol. The summed E-state index contributed by atoms with van der Waals surface area (Å²) in [5, 5.41) is 11.9. The van der Waals surface area contributed by atoms with E-state index in [0.29, 0.717) is 12.3 Å². The van der Waals surface area contributed by atoms with E-state index in [1.165, 1.54) is 0 Å². The van der Waals surface area contributed by atoms with E-state index in [1.807, 2.05) is 6.92 Å². The van der Waals surface area contributed by atoms with Gasteiger partial charge in [-0.2, -0.15) is 5.26 Å². The van der Waals surface area contributed by atoms with Gasteiger partial charge in [0, 0.05) is 0 Å². The lowest BCUT2D eigenvalue weighted by Gasteiger charge is -2.44. The number of nitrogens with one attached hydrogen (secondary N) is 1. The van der Waals surface area contributed by atoms with E-state index < -0.39 is 0 Å². The smallest absolute Gasteiger partial charge is 0.230 e. The number of imide groups is 1. The van der Waals surface area contributed by atoms with E-state index in [9.17, 15) is 14.9 Å². The van der Waals surface area contributed by atoms with Crippen molar-refractivity contribution in [1.29, 1.82) is 5.26 Å². The van der Waals surface area contributed by atoms with Gasteiger partial charge < -0.3 is 0 Å². The van der Waals surface area contributed by atoms with E-state index in [4.69, 9.17) is 0 Å². The minimum absolute atomic E-state index is 0.0868. The van der Waals surface area contributed by atoms with Crippen LogP contribution in [0.2, 0.25) is 0 Å². The van der Waals surface area contributed by atoms with E-state index in [0.717, 1.165) is 25.7 Å². The van der Waals surface area contributed by atoms with Crippen LogP contribution in [-0.2, 0) is 9.59 Å². The highest BCUT2D eigenvalue weighted by molar-refractivity contribution is 6.05. The number of rotatable bonds is 0. The molecular weight excluding hydrogens is 228 g/mol. The molecule has 2 amide bonds. The second kappa shape index (κ2) is 3.81. The Kier molecular flexibility index (Phi) is 2.48. The third-order valence-electron chi connectivity index (χ3n) is 5.32. The summed E-state index contributed by atoms with van der Waals surface area (Å²) in [6.07, 6.45) is 4.51. The molecule has 1 N–H and O–H groups in total. The van der Waals surface area contributed by atoms with Crippen LogP contribution in [0.1, 0.15) is 39.0 Å². The Labute approximate surface area is 107 Å². The molecule has 4 aliphatic rings. The summed E-state index contributed by atoms with van der Waals surface area (Å²) in [5.41, 5.74) is -0.306. The Morgan fingerprint density at radius 3 is 2.56 bits per heavy atom. The molecular formula is C14H18N2O2. The fraction of sp³-hybridized carbons (Fsp3) is 0.786. The molecule has 3 saturated carbocycles. The highest BCUT2D eigenvalue weighted by atomic mass is 16.2. The molecule has 0 aromatic carbocycles. The average molecular weight is 246 g/mol. The number of hydrogen-bond acceptors (Lipinski definition) is 3. The second-order valence-electron chi connectivity index (χ2n) is 6.41. The van der Waals surface area contributed by atoms with Gasteiger partial charge in [-0.05, 0) is 44.4 Å². The first kappa shape index (κ1) is 11.7. The summed E-state index contributed by atoms with van der Waals surface area (Å²) < 4.78 is 0. The van der Waals surface area contributed by atoms with Crippen molar-refractivity contribution in [1.82, 2.24) is 5.32 Å². The summed E-state index contributed by atoms with van der Waals surface area (Å²) in [6, 6.07) is 2.47. The lowest BCUT2D eigenvalue weighted by molar-refractivity contribution is -0.126. The zero-order chi connectivity index (χ0) is 12.9. The van der Waals surface area contributed by atoms with Crippen LogP contribution in [0.3, 0.4) is 0 Å². The number of nitriles is 1. The predicted molar refractivity (Wildman–Crippen MR) is 63.9 cm³/mol. The van der Waals surface area contributed by atoms with E-state index in [2.05, 4.69) is 11.4 Å². The molecule has 5 atom stereocenters. The van der Waals surface area contributed by atoms with E-state index in [1.54, 1.807) is 0 Å². The first-order valence-electron chi connectivity index (χ1n) is 6.79. The second-order valence-corrected chi connectivity index (χ2v) is 6.41. The van der Waals surface area contributed by atoms with Crippen LogP contribution in [0.4, 0.5) is 0 Å². The quantitative estimate of drug-likeness (QED) is 0.660. The molecule has 0 aromatic heterocycles. The predicted octanol–water partition coefficient (Wildman–Crippen LogP) is 1.62. The van der Waals surface area contributed by atoms with Crippen molar-refractivity contribution in [2.45, 2.75) is 39.0 Å². The summed E-state index contributed by atoms with van der Waals surface area (Å²) in [4.78, 5) is 23.6. The van der Waals surface area contributed by atoms with Crippen LogP contribution in [0.25, 0.3) is 0 Å². The first-order chi connectivity index (χ1) is 8.53.